The fourth-order valence-electron chi connectivity index (χ4n) is 2.84. The first-order valence-electron chi connectivity index (χ1n) is 9.20. The molecule has 0 aliphatic carbocycles. The molecule has 0 heterocycles. The monoisotopic (exact) mass is 367 g/mol. The number of hydrogen-bond donors (Lipinski definition) is 0. The zero-order valence-corrected chi connectivity index (χ0v) is 16.9. The Hall–Kier alpha value is -2.75. The molecule has 0 spiro atoms. The largest absolute Gasteiger partial charge is 0.493 e. The second kappa shape index (κ2) is 10.4. The molecular formula is C23H29NO3. The predicted molar refractivity (Wildman–Crippen MR) is 111 cm³/mol. The number of ether oxygens (including phenoxy) is 2. The van der Waals surface area contributed by atoms with Gasteiger partial charge in [-0.1, -0.05) is 41.6 Å². The highest BCUT2D eigenvalue weighted by Crippen LogP contribution is 2.28. The molecule has 0 fully saturated rings. The van der Waals surface area contributed by atoms with Crippen LogP contribution in [0.1, 0.15) is 36.1 Å². The Morgan fingerprint density at radius 1 is 1.04 bits per heavy atom. The molecule has 0 saturated heterocycles. The maximum atomic E-state index is 6.06. The third-order valence-corrected chi connectivity index (χ3v) is 4.25. The maximum Gasteiger partial charge on any atom is 0.125 e. The van der Waals surface area contributed by atoms with E-state index in [4.69, 9.17) is 14.3 Å². The van der Waals surface area contributed by atoms with Crippen molar-refractivity contribution in [2.24, 2.45) is 5.16 Å². The number of oxime groups is 1. The van der Waals surface area contributed by atoms with Gasteiger partial charge in [-0.3, -0.25) is 0 Å². The summed E-state index contributed by atoms with van der Waals surface area (Å²) in [6.45, 7) is 9.23. The normalized spacial score (nSPS) is 11.7. The van der Waals surface area contributed by atoms with E-state index in [-0.39, 0.29) is 0 Å². The molecule has 0 amide bonds. The lowest BCUT2D eigenvalue weighted by Gasteiger charge is -2.14. The molecule has 2 aromatic carbocycles. The quantitative estimate of drug-likeness (QED) is 0.345. The topological polar surface area (TPSA) is 40.0 Å². The van der Waals surface area contributed by atoms with Crippen molar-refractivity contribution in [2.75, 3.05) is 20.3 Å². The minimum Gasteiger partial charge on any atom is -0.493 e. The summed E-state index contributed by atoms with van der Waals surface area (Å²) in [7, 11) is 1.56. The van der Waals surface area contributed by atoms with Crippen LogP contribution in [0.3, 0.4) is 0 Å². The average molecular weight is 367 g/mol. The highest BCUT2D eigenvalue weighted by molar-refractivity contribution is 5.98. The Labute approximate surface area is 162 Å². The lowest BCUT2D eigenvalue weighted by Crippen LogP contribution is -2.05. The fourth-order valence-corrected chi connectivity index (χ4v) is 2.84. The van der Waals surface area contributed by atoms with E-state index in [1.54, 1.807) is 7.11 Å². The van der Waals surface area contributed by atoms with Gasteiger partial charge in [0.05, 0.1) is 12.3 Å². The van der Waals surface area contributed by atoms with Crippen molar-refractivity contribution in [2.45, 2.75) is 34.1 Å². The van der Waals surface area contributed by atoms with Crippen LogP contribution in [-0.2, 0) is 11.3 Å². The van der Waals surface area contributed by atoms with E-state index in [0.29, 0.717) is 13.2 Å². The predicted octanol–water partition coefficient (Wildman–Crippen LogP) is 5.25. The van der Waals surface area contributed by atoms with Crippen molar-refractivity contribution in [3.8, 4) is 11.5 Å². The van der Waals surface area contributed by atoms with E-state index >= 15 is 0 Å². The van der Waals surface area contributed by atoms with Crippen molar-refractivity contribution in [3.05, 3.63) is 70.8 Å². The molecule has 2 rings (SSSR count). The first-order chi connectivity index (χ1) is 13.0. The minimum absolute atomic E-state index is 0.583. The maximum absolute atomic E-state index is 6.06. The Balaban J connectivity index is 1.94. The zero-order valence-electron chi connectivity index (χ0n) is 16.9. The number of hydrogen-bond acceptors (Lipinski definition) is 4. The molecule has 0 radical (unpaired) electrons. The molecular weight excluding hydrogens is 338 g/mol. The zero-order chi connectivity index (χ0) is 19.6. The summed E-state index contributed by atoms with van der Waals surface area (Å²) in [5.74, 6) is 1.81. The SMILES string of the molecule is C/C=C/COc1cc(C)c(OCCc2ccc(C(C)=NOC)cc2)c(C)c1. The molecule has 2 aromatic rings. The van der Waals surface area contributed by atoms with Gasteiger partial charge in [-0.2, -0.15) is 0 Å². The van der Waals surface area contributed by atoms with Crippen LogP contribution in [0.4, 0.5) is 0 Å². The van der Waals surface area contributed by atoms with Crippen LogP contribution in [0.25, 0.3) is 0 Å². The van der Waals surface area contributed by atoms with E-state index in [0.717, 1.165) is 40.3 Å². The van der Waals surface area contributed by atoms with Crippen LogP contribution in [0.2, 0.25) is 0 Å². The van der Waals surface area contributed by atoms with Crippen LogP contribution >= 0.6 is 0 Å². The molecule has 0 N–H and O–H groups in total. The standard InChI is InChI=1S/C23H29NO3/c1-6-7-13-26-22-15-17(2)23(18(3)16-22)27-14-12-20-8-10-21(11-9-20)19(4)24-25-5/h6-11,15-16H,12-14H2,1-5H3/b7-6+,24-19?. The highest BCUT2D eigenvalue weighted by atomic mass is 16.6. The molecule has 4 heteroatoms. The third kappa shape index (κ3) is 6.17. The molecule has 144 valence electrons. The summed E-state index contributed by atoms with van der Waals surface area (Å²) < 4.78 is 11.8. The molecule has 0 unspecified atom stereocenters. The smallest absolute Gasteiger partial charge is 0.125 e. The third-order valence-electron chi connectivity index (χ3n) is 4.25. The van der Waals surface area contributed by atoms with E-state index < -0.39 is 0 Å². The molecule has 27 heavy (non-hydrogen) atoms. The van der Waals surface area contributed by atoms with Gasteiger partial charge in [0.25, 0.3) is 0 Å². The summed E-state index contributed by atoms with van der Waals surface area (Å²) in [4.78, 5) is 4.82. The van der Waals surface area contributed by atoms with E-state index in [1.807, 2.05) is 38.1 Å². The molecule has 0 aromatic heterocycles. The summed E-state index contributed by atoms with van der Waals surface area (Å²) >= 11 is 0. The van der Waals surface area contributed by atoms with Crippen LogP contribution in [0, 0.1) is 13.8 Å². The van der Waals surface area contributed by atoms with Crippen molar-refractivity contribution < 1.29 is 14.3 Å². The molecule has 0 atom stereocenters. The van der Waals surface area contributed by atoms with Gasteiger partial charge >= 0.3 is 0 Å². The van der Waals surface area contributed by atoms with Gasteiger partial charge in [-0.05, 0) is 62.1 Å². The summed E-state index contributed by atoms with van der Waals surface area (Å²) in [6.07, 6.45) is 4.82. The second-order valence-electron chi connectivity index (χ2n) is 6.42. The summed E-state index contributed by atoms with van der Waals surface area (Å²) in [6, 6.07) is 12.4. The van der Waals surface area contributed by atoms with Gasteiger partial charge in [0.1, 0.15) is 25.2 Å². The van der Waals surface area contributed by atoms with Gasteiger partial charge in [0, 0.05) is 6.42 Å². The Morgan fingerprint density at radius 3 is 2.30 bits per heavy atom. The van der Waals surface area contributed by atoms with Crippen LogP contribution in [0.15, 0.2) is 53.7 Å². The number of rotatable bonds is 9. The van der Waals surface area contributed by atoms with E-state index in [2.05, 4.69) is 43.3 Å². The molecule has 0 aliphatic rings. The number of benzene rings is 2. The average Bonchev–Trinajstić information content (AvgIpc) is 2.65. The Bertz CT molecular complexity index is 769. The molecule has 0 saturated carbocycles. The Morgan fingerprint density at radius 2 is 1.70 bits per heavy atom. The summed E-state index contributed by atoms with van der Waals surface area (Å²) in [5.41, 5.74) is 5.33. The van der Waals surface area contributed by atoms with Gasteiger partial charge in [-0.25, -0.2) is 0 Å². The van der Waals surface area contributed by atoms with Crippen LogP contribution in [-0.4, -0.2) is 26.0 Å². The van der Waals surface area contributed by atoms with Crippen LogP contribution < -0.4 is 9.47 Å². The summed E-state index contributed by atoms with van der Waals surface area (Å²) in [5, 5.41) is 3.95. The number of nitrogens with zero attached hydrogens (tertiary/aromatic N) is 1. The van der Waals surface area contributed by atoms with Crippen LogP contribution in [0.5, 0.6) is 11.5 Å². The van der Waals surface area contributed by atoms with Crippen molar-refractivity contribution in [3.63, 3.8) is 0 Å². The lowest BCUT2D eigenvalue weighted by molar-refractivity contribution is 0.213. The van der Waals surface area contributed by atoms with Gasteiger partial charge < -0.3 is 14.3 Å². The fraction of sp³-hybridized carbons (Fsp3) is 0.348. The molecule has 0 bridgehead atoms. The first kappa shape index (κ1) is 20.6. The second-order valence-corrected chi connectivity index (χ2v) is 6.42. The number of aryl methyl sites for hydroxylation is 2. The molecule has 4 nitrogen and oxygen atoms in total. The number of allylic oxidation sites excluding steroid dienone is 1. The van der Waals surface area contributed by atoms with Crippen molar-refractivity contribution in [1.82, 2.24) is 0 Å². The van der Waals surface area contributed by atoms with Gasteiger partial charge in [0.15, 0.2) is 0 Å². The van der Waals surface area contributed by atoms with E-state index in [9.17, 15) is 0 Å². The minimum atomic E-state index is 0.583. The Kier molecular flexibility index (Phi) is 7.93. The first-order valence-corrected chi connectivity index (χ1v) is 9.20. The van der Waals surface area contributed by atoms with Gasteiger partial charge in [0.2, 0.25) is 0 Å². The molecule has 0 aliphatic heterocycles. The van der Waals surface area contributed by atoms with Crippen molar-refractivity contribution >= 4 is 5.71 Å². The van der Waals surface area contributed by atoms with E-state index in [1.165, 1.54) is 5.56 Å². The highest BCUT2D eigenvalue weighted by Gasteiger charge is 2.08. The van der Waals surface area contributed by atoms with Crippen molar-refractivity contribution in [1.29, 1.82) is 0 Å². The van der Waals surface area contributed by atoms with Gasteiger partial charge in [-0.15, -0.1) is 0 Å². The lowest BCUT2D eigenvalue weighted by atomic mass is 10.1.